The SMILES string of the molecule is CC(=O)N1CCC(N2CC[C@H]3C[C@@H]2C(=O)N(CC2CC2)C3)CC1. The molecule has 5 nitrogen and oxygen atoms in total. The molecule has 0 N–H and O–H groups in total. The van der Waals surface area contributed by atoms with Crippen LogP contribution in [-0.4, -0.2) is 71.3 Å². The lowest BCUT2D eigenvalue weighted by Crippen LogP contribution is -2.62. The van der Waals surface area contributed by atoms with E-state index in [0.29, 0.717) is 17.9 Å². The zero-order valence-electron chi connectivity index (χ0n) is 14.2. The van der Waals surface area contributed by atoms with Crippen LogP contribution < -0.4 is 0 Å². The molecule has 4 fully saturated rings. The third-order valence-corrected chi connectivity index (χ3v) is 6.38. The Hall–Kier alpha value is -1.10. The van der Waals surface area contributed by atoms with Crippen molar-refractivity contribution in [3.8, 4) is 0 Å². The summed E-state index contributed by atoms with van der Waals surface area (Å²) in [6.45, 7) is 6.44. The summed E-state index contributed by atoms with van der Waals surface area (Å²) >= 11 is 0. The van der Waals surface area contributed by atoms with E-state index in [1.165, 1.54) is 19.3 Å². The molecule has 0 aromatic heterocycles. The molecule has 3 heterocycles. The molecule has 0 aromatic rings. The van der Waals surface area contributed by atoms with Crippen LogP contribution in [-0.2, 0) is 9.59 Å². The lowest BCUT2D eigenvalue weighted by Gasteiger charge is -2.50. The highest BCUT2D eigenvalue weighted by atomic mass is 16.2. The third kappa shape index (κ3) is 3.12. The summed E-state index contributed by atoms with van der Waals surface area (Å²) in [6.07, 6.45) is 6.97. The van der Waals surface area contributed by atoms with Crippen molar-refractivity contribution < 1.29 is 9.59 Å². The third-order valence-electron chi connectivity index (χ3n) is 6.38. The van der Waals surface area contributed by atoms with Gasteiger partial charge in [0.15, 0.2) is 0 Å². The van der Waals surface area contributed by atoms with Crippen LogP contribution in [0.1, 0.15) is 45.4 Å². The van der Waals surface area contributed by atoms with Crippen LogP contribution in [0.15, 0.2) is 0 Å². The number of carbonyl (C=O) groups is 2. The van der Waals surface area contributed by atoms with Gasteiger partial charge in [-0.2, -0.15) is 0 Å². The van der Waals surface area contributed by atoms with Crippen molar-refractivity contribution in [2.75, 3.05) is 32.7 Å². The molecule has 128 valence electrons. The molecule has 0 radical (unpaired) electrons. The highest BCUT2D eigenvalue weighted by Crippen LogP contribution is 2.36. The van der Waals surface area contributed by atoms with Gasteiger partial charge in [-0.15, -0.1) is 0 Å². The molecule has 5 heteroatoms. The fraction of sp³-hybridized carbons (Fsp3) is 0.889. The molecule has 3 aliphatic heterocycles. The fourth-order valence-corrected chi connectivity index (χ4v) is 4.80. The molecule has 0 unspecified atom stereocenters. The maximum atomic E-state index is 12.9. The van der Waals surface area contributed by atoms with Crippen LogP contribution in [0.4, 0.5) is 0 Å². The predicted octanol–water partition coefficient (Wildman–Crippen LogP) is 1.33. The Morgan fingerprint density at radius 3 is 2.48 bits per heavy atom. The minimum atomic E-state index is 0.120. The van der Waals surface area contributed by atoms with Crippen LogP contribution in [0.3, 0.4) is 0 Å². The van der Waals surface area contributed by atoms with Gasteiger partial charge in [0.1, 0.15) is 0 Å². The van der Waals surface area contributed by atoms with E-state index in [1.54, 1.807) is 6.92 Å². The van der Waals surface area contributed by atoms with Crippen LogP contribution in [0.5, 0.6) is 0 Å². The average molecular weight is 319 g/mol. The molecule has 23 heavy (non-hydrogen) atoms. The summed E-state index contributed by atoms with van der Waals surface area (Å²) in [4.78, 5) is 31.1. The largest absolute Gasteiger partial charge is 0.343 e. The molecule has 1 aliphatic carbocycles. The highest BCUT2D eigenvalue weighted by molar-refractivity contribution is 5.83. The number of nitrogens with zero attached hydrogens (tertiary/aromatic N) is 3. The zero-order chi connectivity index (χ0) is 16.0. The lowest BCUT2D eigenvalue weighted by molar-refractivity contribution is -0.149. The number of fused-ring (bicyclic) bond motifs is 2. The monoisotopic (exact) mass is 319 g/mol. The minimum Gasteiger partial charge on any atom is -0.343 e. The lowest BCUT2D eigenvalue weighted by atomic mass is 9.83. The van der Waals surface area contributed by atoms with E-state index < -0.39 is 0 Å². The first-order chi connectivity index (χ1) is 11.1. The van der Waals surface area contributed by atoms with Gasteiger partial charge >= 0.3 is 0 Å². The number of amides is 2. The van der Waals surface area contributed by atoms with Crippen molar-refractivity contribution in [2.45, 2.75) is 57.5 Å². The van der Waals surface area contributed by atoms with Crippen molar-refractivity contribution in [3.05, 3.63) is 0 Å². The minimum absolute atomic E-state index is 0.120. The number of hydrogen-bond acceptors (Lipinski definition) is 3. The Labute approximate surface area is 139 Å². The van der Waals surface area contributed by atoms with Gasteiger partial charge in [0.05, 0.1) is 6.04 Å². The Kier molecular flexibility index (Phi) is 4.08. The van der Waals surface area contributed by atoms with Gasteiger partial charge in [0.2, 0.25) is 11.8 Å². The van der Waals surface area contributed by atoms with Gasteiger partial charge in [0, 0.05) is 39.1 Å². The number of likely N-dealkylation sites (tertiary alicyclic amines) is 3. The number of piperidine rings is 3. The standard InChI is InChI=1S/C18H29N3O2/c1-13(22)19-7-5-16(6-8-19)21-9-4-15-10-17(21)18(23)20(12-15)11-14-2-3-14/h14-17H,2-12H2,1H3/t15-,17+/m0/s1. The van der Waals surface area contributed by atoms with Gasteiger partial charge in [-0.05, 0) is 56.9 Å². The Morgan fingerprint density at radius 2 is 1.83 bits per heavy atom. The van der Waals surface area contributed by atoms with Crippen molar-refractivity contribution in [1.29, 1.82) is 0 Å². The van der Waals surface area contributed by atoms with E-state index in [-0.39, 0.29) is 11.9 Å². The maximum Gasteiger partial charge on any atom is 0.239 e. The van der Waals surface area contributed by atoms with Gasteiger partial charge in [0.25, 0.3) is 0 Å². The highest BCUT2D eigenvalue weighted by Gasteiger charge is 2.44. The molecule has 3 saturated heterocycles. The Morgan fingerprint density at radius 1 is 1.09 bits per heavy atom. The van der Waals surface area contributed by atoms with Crippen molar-refractivity contribution in [1.82, 2.24) is 14.7 Å². The molecular formula is C18H29N3O2. The summed E-state index contributed by atoms with van der Waals surface area (Å²) < 4.78 is 0. The second kappa shape index (κ2) is 6.08. The molecule has 0 spiro atoms. The van der Waals surface area contributed by atoms with E-state index in [4.69, 9.17) is 0 Å². The normalized spacial score (nSPS) is 33.2. The number of rotatable bonds is 3. The molecule has 2 bridgehead atoms. The van der Waals surface area contributed by atoms with Crippen molar-refractivity contribution in [2.24, 2.45) is 11.8 Å². The second-order valence-electron chi connectivity index (χ2n) is 8.07. The van der Waals surface area contributed by atoms with E-state index in [9.17, 15) is 9.59 Å². The van der Waals surface area contributed by atoms with Crippen molar-refractivity contribution >= 4 is 11.8 Å². The van der Waals surface area contributed by atoms with E-state index in [1.807, 2.05) is 4.90 Å². The number of hydrogen-bond donors (Lipinski definition) is 0. The van der Waals surface area contributed by atoms with E-state index >= 15 is 0 Å². The van der Waals surface area contributed by atoms with Gasteiger partial charge in [-0.25, -0.2) is 0 Å². The Bertz CT molecular complexity index is 483. The number of carbonyl (C=O) groups excluding carboxylic acids is 2. The second-order valence-corrected chi connectivity index (χ2v) is 8.07. The van der Waals surface area contributed by atoms with E-state index in [2.05, 4.69) is 9.80 Å². The average Bonchev–Trinajstić information content (AvgIpc) is 3.37. The summed E-state index contributed by atoms with van der Waals surface area (Å²) in [7, 11) is 0. The van der Waals surface area contributed by atoms with Gasteiger partial charge in [-0.3, -0.25) is 14.5 Å². The quantitative estimate of drug-likeness (QED) is 0.788. The molecule has 2 amide bonds. The predicted molar refractivity (Wildman–Crippen MR) is 87.8 cm³/mol. The smallest absolute Gasteiger partial charge is 0.239 e. The maximum absolute atomic E-state index is 12.9. The zero-order valence-corrected chi connectivity index (χ0v) is 14.2. The van der Waals surface area contributed by atoms with Crippen LogP contribution in [0.25, 0.3) is 0 Å². The molecule has 4 aliphatic rings. The molecule has 1 saturated carbocycles. The van der Waals surface area contributed by atoms with E-state index in [0.717, 1.165) is 57.9 Å². The van der Waals surface area contributed by atoms with Crippen LogP contribution >= 0.6 is 0 Å². The first kappa shape index (κ1) is 15.4. The summed E-state index contributed by atoms with van der Waals surface area (Å²) in [5, 5.41) is 0. The van der Waals surface area contributed by atoms with Gasteiger partial charge in [-0.1, -0.05) is 0 Å². The topological polar surface area (TPSA) is 43.9 Å². The van der Waals surface area contributed by atoms with Crippen molar-refractivity contribution in [3.63, 3.8) is 0 Å². The Balaban J connectivity index is 1.41. The van der Waals surface area contributed by atoms with Crippen LogP contribution in [0, 0.1) is 11.8 Å². The fourth-order valence-electron chi connectivity index (χ4n) is 4.80. The molecule has 0 aromatic carbocycles. The summed E-state index contributed by atoms with van der Waals surface area (Å²) in [5.74, 6) is 2.07. The first-order valence-corrected chi connectivity index (χ1v) is 9.42. The summed E-state index contributed by atoms with van der Waals surface area (Å²) in [6, 6.07) is 0.608. The molecule has 4 rings (SSSR count). The first-order valence-electron chi connectivity index (χ1n) is 9.42. The van der Waals surface area contributed by atoms with Crippen LogP contribution in [0.2, 0.25) is 0 Å². The molecular weight excluding hydrogens is 290 g/mol. The summed E-state index contributed by atoms with van der Waals surface area (Å²) in [5.41, 5.74) is 0. The molecule has 2 atom stereocenters. The van der Waals surface area contributed by atoms with Gasteiger partial charge < -0.3 is 9.80 Å².